The first-order valence-electron chi connectivity index (χ1n) is 14.2. The minimum atomic E-state index is -3.62. The average molecular weight is 606 g/mol. The van der Waals surface area contributed by atoms with Crippen LogP contribution in [-0.4, -0.2) is 57.7 Å². The van der Waals surface area contributed by atoms with Gasteiger partial charge in [-0.2, -0.15) is 0 Å². The van der Waals surface area contributed by atoms with Gasteiger partial charge in [-0.1, -0.05) is 32.6 Å². The SMILES string of the molecule is CCCCCCCSc1ccc2c(c1)CCN2C(=O)c1cc(OCCNC(=O)OC(C)(C)C)ccc1NS(C)(=O)=O. The molecule has 226 valence electrons. The Bertz CT molecular complexity index is 1310. The maximum Gasteiger partial charge on any atom is 0.407 e. The topological polar surface area (TPSA) is 114 Å². The Balaban J connectivity index is 1.69. The summed E-state index contributed by atoms with van der Waals surface area (Å²) in [6.07, 6.45) is 7.47. The first-order valence-corrected chi connectivity index (χ1v) is 17.0. The molecule has 2 aromatic carbocycles. The molecule has 1 aliphatic heterocycles. The van der Waals surface area contributed by atoms with Crippen molar-refractivity contribution in [1.82, 2.24) is 5.32 Å². The number of hydrogen-bond donors (Lipinski definition) is 2. The molecule has 9 nitrogen and oxygen atoms in total. The molecule has 0 aromatic heterocycles. The van der Waals surface area contributed by atoms with Crippen LogP contribution in [0.15, 0.2) is 41.3 Å². The van der Waals surface area contributed by atoms with Gasteiger partial charge in [0.1, 0.15) is 18.0 Å². The third kappa shape index (κ3) is 10.8. The molecule has 41 heavy (non-hydrogen) atoms. The molecule has 1 heterocycles. The monoisotopic (exact) mass is 605 g/mol. The number of sulfonamides is 1. The van der Waals surface area contributed by atoms with Gasteiger partial charge in [0, 0.05) is 17.1 Å². The van der Waals surface area contributed by atoms with Gasteiger partial charge in [0.2, 0.25) is 10.0 Å². The van der Waals surface area contributed by atoms with E-state index < -0.39 is 21.7 Å². The van der Waals surface area contributed by atoms with Crippen LogP contribution in [0.3, 0.4) is 0 Å². The van der Waals surface area contributed by atoms with E-state index >= 15 is 0 Å². The fraction of sp³-hybridized carbons (Fsp3) is 0.533. The van der Waals surface area contributed by atoms with Crippen molar-refractivity contribution in [3.63, 3.8) is 0 Å². The minimum Gasteiger partial charge on any atom is -0.492 e. The number of ether oxygens (including phenoxy) is 2. The second kappa shape index (κ2) is 14.8. The molecule has 0 unspecified atom stereocenters. The summed E-state index contributed by atoms with van der Waals surface area (Å²) in [5.74, 6) is 1.14. The van der Waals surface area contributed by atoms with Crippen LogP contribution in [0.5, 0.6) is 5.75 Å². The zero-order chi connectivity index (χ0) is 30.0. The Hall–Kier alpha value is -2.92. The highest BCUT2D eigenvalue weighted by Crippen LogP contribution is 2.35. The maximum atomic E-state index is 13.8. The van der Waals surface area contributed by atoms with Crippen LogP contribution in [0.25, 0.3) is 0 Å². The molecule has 0 radical (unpaired) electrons. The van der Waals surface area contributed by atoms with Gasteiger partial charge < -0.3 is 19.7 Å². The Morgan fingerprint density at radius 2 is 1.80 bits per heavy atom. The molecular weight excluding hydrogens is 562 g/mol. The predicted molar refractivity (Wildman–Crippen MR) is 166 cm³/mol. The van der Waals surface area contributed by atoms with Crippen molar-refractivity contribution in [2.24, 2.45) is 0 Å². The molecule has 11 heteroatoms. The molecule has 2 N–H and O–H groups in total. The molecule has 0 fully saturated rings. The van der Waals surface area contributed by atoms with E-state index in [9.17, 15) is 18.0 Å². The number of hydrogen-bond acceptors (Lipinski definition) is 7. The van der Waals surface area contributed by atoms with Crippen molar-refractivity contribution >= 4 is 45.2 Å². The fourth-order valence-corrected chi connectivity index (χ4v) is 5.99. The third-order valence-electron chi connectivity index (χ3n) is 6.26. The average Bonchev–Trinajstić information content (AvgIpc) is 3.30. The molecule has 0 saturated heterocycles. The maximum absolute atomic E-state index is 13.8. The van der Waals surface area contributed by atoms with E-state index in [0.717, 1.165) is 29.7 Å². The summed E-state index contributed by atoms with van der Waals surface area (Å²) >= 11 is 1.84. The van der Waals surface area contributed by atoms with Gasteiger partial charge in [-0.3, -0.25) is 9.52 Å². The van der Waals surface area contributed by atoms with Crippen molar-refractivity contribution < 1.29 is 27.5 Å². The van der Waals surface area contributed by atoms with Gasteiger partial charge in [-0.25, -0.2) is 13.2 Å². The molecule has 2 aromatic rings. The van der Waals surface area contributed by atoms with Crippen molar-refractivity contribution in [1.29, 1.82) is 0 Å². The van der Waals surface area contributed by atoms with Crippen LogP contribution >= 0.6 is 11.8 Å². The molecule has 0 spiro atoms. The number of nitrogens with one attached hydrogen (secondary N) is 2. The van der Waals surface area contributed by atoms with Gasteiger partial charge in [0.05, 0.1) is 24.1 Å². The van der Waals surface area contributed by atoms with Gasteiger partial charge >= 0.3 is 6.09 Å². The summed E-state index contributed by atoms with van der Waals surface area (Å²) < 4.78 is 37.5. The highest BCUT2D eigenvalue weighted by molar-refractivity contribution is 7.99. The summed E-state index contributed by atoms with van der Waals surface area (Å²) in [5, 5.41) is 2.62. The molecule has 0 saturated carbocycles. The molecule has 0 atom stereocenters. The first-order chi connectivity index (χ1) is 19.4. The van der Waals surface area contributed by atoms with Crippen LogP contribution in [0.2, 0.25) is 0 Å². The number of alkyl carbamates (subject to hydrolysis) is 1. The van der Waals surface area contributed by atoms with Crippen LogP contribution in [0.1, 0.15) is 75.7 Å². The van der Waals surface area contributed by atoms with E-state index in [1.807, 2.05) is 23.9 Å². The van der Waals surface area contributed by atoms with E-state index in [-0.39, 0.29) is 30.3 Å². The number of carbonyl (C=O) groups is 2. The quantitative estimate of drug-likeness (QED) is 0.194. The Labute approximate surface area is 248 Å². The molecule has 1 aliphatic rings. The molecule has 0 bridgehead atoms. The van der Waals surface area contributed by atoms with E-state index in [2.05, 4.69) is 23.0 Å². The van der Waals surface area contributed by atoms with Crippen LogP contribution in [0, 0.1) is 0 Å². The number of rotatable bonds is 14. The lowest BCUT2D eigenvalue weighted by Crippen LogP contribution is -2.34. The lowest BCUT2D eigenvalue weighted by atomic mass is 10.1. The van der Waals surface area contributed by atoms with Crippen molar-refractivity contribution in [2.75, 3.05) is 41.3 Å². The standard InChI is InChI=1S/C30H43N3O6S2/c1-6-7-8-9-10-19-40-24-12-14-27-22(20-24)15-17-33(27)28(34)25-21-23(11-13-26(25)32-41(5,36)37)38-18-16-31-29(35)39-30(2,3)4/h11-14,20-21,32H,6-10,15-19H2,1-5H3,(H,31,35). The normalized spacial score (nSPS) is 13.0. The van der Waals surface area contributed by atoms with Crippen LogP contribution in [0.4, 0.5) is 16.2 Å². The second-order valence-corrected chi connectivity index (χ2v) is 14.0. The summed E-state index contributed by atoms with van der Waals surface area (Å²) in [5.41, 5.74) is 1.70. The third-order valence-corrected chi connectivity index (χ3v) is 7.93. The van der Waals surface area contributed by atoms with E-state index in [0.29, 0.717) is 12.3 Å². The van der Waals surface area contributed by atoms with Crippen molar-refractivity contribution in [3.8, 4) is 5.75 Å². The number of benzene rings is 2. The zero-order valence-electron chi connectivity index (χ0n) is 24.7. The minimum absolute atomic E-state index is 0.136. The number of carbonyl (C=O) groups excluding carboxylic acids is 2. The second-order valence-electron chi connectivity index (χ2n) is 11.1. The number of fused-ring (bicyclic) bond motifs is 1. The Morgan fingerprint density at radius 1 is 1.05 bits per heavy atom. The largest absolute Gasteiger partial charge is 0.492 e. The molecule has 2 amide bonds. The van der Waals surface area contributed by atoms with Crippen LogP contribution < -0.4 is 19.7 Å². The van der Waals surface area contributed by atoms with Gasteiger partial charge in [0.15, 0.2) is 0 Å². The summed E-state index contributed by atoms with van der Waals surface area (Å²) in [6.45, 7) is 8.39. The van der Waals surface area contributed by atoms with Gasteiger partial charge in [0.25, 0.3) is 5.91 Å². The Morgan fingerprint density at radius 3 is 2.51 bits per heavy atom. The molecule has 3 rings (SSSR count). The number of anilines is 2. The van der Waals surface area contributed by atoms with Crippen molar-refractivity contribution in [2.45, 2.75) is 76.7 Å². The van der Waals surface area contributed by atoms with Crippen molar-refractivity contribution in [3.05, 3.63) is 47.5 Å². The predicted octanol–water partition coefficient (Wildman–Crippen LogP) is 6.23. The lowest BCUT2D eigenvalue weighted by molar-refractivity contribution is 0.0520. The van der Waals surface area contributed by atoms with E-state index in [4.69, 9.17) is 9.47 Å². The summed E-state index contributed by atoms with van der Waals surface area (Å²) in [7, 11) is -3.62. The van der Waals surface area contributed by atoms with Gasteiger partial charge in [-0.05, 0) is 81.3 Å². The van der Waals surface area contributed by atoms with E-state index in [1.165, 1.54) is 49.1 Å². The van der Waals surface area contributed by atoms with Gasteiger partial charge in [-0.15, -0.1) is 11.8 Å². The number of amides is 2. The number of unbranched alkanes of at least 4 members (excludes halogenated alkanes) is 4. The van der Waals surface area contributed by atoms with Crippen LogP contribution in [-0.2, 0) is 21.2 Å². The highest BCUT2D eigenvalue weighted by atomic mass is 32.2. The first kappa shape index (κ1) is 32.6. The summed E-state index contributed by atoms with van der Waals surface area (Å²) in [6, 6.07) is 10.8. The number of thioether (sulfide) groups is 1. The molecule has 0 aliphatic carbocycles. The zero-order valence-corrected chi connectivity index (χ0v) is 26.4. The number of nitrogens with zero attached hydrogens (tertiary/aromatic N) is 1. The smallest absolute Gasteiger partial charge is 0.407 e. The molecular formula is C30H43N3O6S2. The highest BCUT2D eigenvalue weighted by Gasteiger charge is 2.28. The fourth-order valence-electron chi connectivity index (χ4n) is 4.43. The lowest BCUT2D eigenvalue weighted by Gasteiger charge is -2.21. The van der Waals surface area contributed by atoms with E-state index in [1.54, 1.807) is 31.7 Å². The summed E-state index contributed by atoms with van der Waals surface area (Å²) in [4.78, 5) is 28.5. The Kier molecular flexibility index (Phi) is 11.8.